The van der Waals surface area contributed by atoms with E-state index in [1.807, 2.05) is 0 Å². The summed E-state index contributed by atoms with van der Waals surface area (Å²) >= 11 is 0. The van der Waals surface area contributed by atoms with Crippen molar-refractivity contribution in [3.63, 3.8) is 0 Å². The Bertz CT molecular complexity index is 1120. The molecule has 10 nitrogen and oxygen atoms in total. The summed E-state index contributed by atoms with van der Waals surface area (Å²) < 4.78 is 20.9. The van der Waals surface area contributed by atoms with Crippen LogP contribution in [0.1, 0.15) is 16.1 Å². The van der Waals surface area contributed by atoms with Gasteiger partial charge in [-0.3, -0.25) is 14.4 Å². The van der Waals surface area contributed by atoms with Crippen molar-refractivity contribution >= 4 is 23.4 Å². The molecule has 0 saturated carbocycles. The van der Waals surface area contributed by atoms with Gasteiger partial charge >= 0.3 is 0 Å². The van der Waals surface area contributed by atoms with Crippen LogP contribution in [-0.2, 0) is 16.1 Å². The molecule has 0 fully saturated rings. The second kappa shape index (κ2) is 12.1. The number of rotatable bonds is 11. The Morgan fingerprint density at radius 1 is 0.857 bits per heavy atom. The number of carbonyl (C=O) groups is 3. The van der Waals surface area contributed by atoms with Gasteiger partial charge in [-0.1, -0.05) is 0 Å². The number of benzene rings is 2. The minimum Gasteiger partial charge on any atom is -0.497 e. The summed E-state index contributed by atoms with van der Waals surface area (Å²) in [6.07, 6.45) is 1.48. The largest absolute Gasteiger partial charge is 0.497 e. The maximum atomic E-state index is 13.3. The fourth-order valence-electron chi connectivity index (χ4n) is 3.19. The highest BCUT2D eigenvalue weighted by molar-refractivity contribution is 5.98. The molecule has 0 unspecified atom stereocenters. The molecule has 10 heteroatoms. The van der Waals surface area contributed by atoms with E-state index in [1.54, 1.807) is 61.7 Å². The summed E-state index contributed by atoms with van der Waals surface area (Å²) in [5.74, 6) is 0.672. The summed E-state index contributed by atoms with van der Waals surface area (Å²) in [6.45, 7) is -0.508. The molecular formula is C25H27N3O7. The van der Waals surface area contributed by atoms with Crippen molar-refractivity contribution < 1.29 is 33.0 Å². The monoisotopic (exact) mass is 481 g/mol. The third-order valence-corrected chi connectivity index (χ3v) is 4.97. The number of ether oxygens (including phenoxy) is 3. The minimum atomic E-state index is -0.510. The quantitative estimate of drug-likeness (QED) is 0.432. The summed E-state index contributed by atoms with van der Waals surface area (Å²) in [5.41, 5.74) is 0.837. The molecule has 2 aromatic carbocycles. The lowest BCUT2D eigenvalue weighted by atomic mass is 10.1. The van der Waals surface area contributed by atoms with E-state index >= 15 is 0 Å². The zero-order valence-corrected chi connectivity index (χ0v) is 19.7. The van der Waals surface area contributed by atoms with Crippen molar-refractivity contribution in [1.82, 2.24) is 10.2 Å². The maximum absolute atomic E-state index is 13.3. The van der Waals surface area contributed by atoms with E-state index in [1.165, 1.54) is 25.4 Å². The summed E-state index contributed by atoms with van der Waals surface area (Å²) in [4.78, 5) is 39.4. The normalized spacial score (nSPS) is 10.3. The molecular weight excluding hydrogens is 454 g/mol. The number of amides is 3. The Morgan fingerprint density at radius 3 is 2.09 bits per heavy atom. The first kappa shape index (κ1) is 25.2. The molecule has 0 radical (unpaired) electrons. The second-order valence-electron chi connectivity index (χ2n) is 7.40. The van der Waals surface area contributed by atoms with Gasteiger partial charge in [-0.15, -0.1) is 0 Å². The van der Waals surface area contributed by atoms with Gasteiger partial charge in [0.25, 0.3) is 5.91 Å². The Labute approximate surface area is 202 Å². The standard InChI is InChI=1S/C25H27N3O7/c1-32-19-8-6-18(7-9-19)27-23(29)14-26-24(30)16-28(15-20-5-4-10-35-20)25(31)17-11-21(33-2)13-22(12-17)34-3/h4-13H,14-16H2,1-3H3,(H,26,30)(H,27,29). The zero-order chi connectivity index (χ0) is 25.2. The molecule has 184 valence electrons. The average molecular weight is 482 g/mol. The van der Waals surface area contributed by atoms with Crippen molar-refractivity contribution in [2.24, 2.45) is 0 Å². The lowest BCUT2D eigenvalue weighted by Crippen LogP contribution is -2.42. The van der Waals surface area contributed by atoms with Gasteiger partial charge in [0.15, 0.2) is 0 Å². The molecule has 0 aliphatic rings. The highest BCUT2D eigenvalue weighted by Gasteiger charge is 2.22. The molecule has 35 heavy (non-hydrogen) atoms. The van der Waals surface area contributed by atoms with E-state index in [9.17, 15) is 14.4 Å². The smallest absolute Gasteiger partial charge is 0.255 e. The van der Waals surface area contributed by atoms with Crippen molar-refractivity contribution in [2.75, 3.05) is 39.7 Å². The Kier molecular flexibility index (Phi) is 8.71. The number of hydrogen-bond donors (Lipinski definition) is 2. The van der Waals surface area contributed by atoms with Crippen molar-refractivity contribution in [2.45, 2.75) is 6.54 Å². The lowest BCUT2D eigenvalue weighted by Gasteiger charge is -2.22. The van der Waals surface area contributed by atoms with Crippen LogP contribution in [0.15, 0.2) is 65.3 Å². The lowest BCUT2D eigenvalue weighted by molar-refractivity contribution is -0.124. The SMILES string of the molecule is COc1ccc(NC(=O)CNC(=O)CN(Cc2ccco2)C(=O)c2cc(OC)cc(OC)c2)cc1. The van der Waals surface area contributed by atoms with E-state index in [4.69, 9.17) is 18.6 Å². The minimum absolute atomic E-state index is 0.0524. The van der Waals surface area contributed by atoms with E-state index in [0.29, 0.717) is 28.7 Å². The van der Waals surface area contributed by atoms with Gasteiger partial charge in [0.05, 0.1) is 40.7 Å². The van der Waals surface area contributed by atoms with Crippen LogP contribution < -0.4 is 24.8 Å². The van der Waals surface area contributed by atoms with Gasteiger partial charge in [0.1, 0.15) is 29.6 Å². The molecule has 3 rings (SSSR count). The molecule has 0 spiro atoms. The van der Waals surface area contributed by atoms with E-state index in [2.05, 4.69) is 10.6 Å². The van der Waals surface area contributed by atoms with Crippen LogP contribution in [0.3, 0.4) is 0 Å². The third kappa shape index (κ3) is 7.26. The Hall–Kier alpha value is -4.47. The third-order valence-electron chi connectivity index (χ3n) is 4.97. The van der Waals surface area contributed by atoms with Crippen molar-refractivity contribution in [1.29, 1.82) is 0 Å². The first-order valence-electron chi connectivity index (χ1n) is 10.7. The van der Waals surface area contributed by atoms with Crippen LogP contribution in [-0.4, -0.2) is 57.0 Å². The maximum Gasteiger partial charge on any atom is 0.255 e. The predicted molar refractivity (Wildman–Crippen MR) is 128 cm³/mol. The predicted octanol–water partition coefficient (Wildman–Crippen LogP) is 2.70. The van der Waals surface area contributed by atoms with Crippen molar-refractivity contribution in [3.8, 4) is 17.2 Å². The van der Waals surface area contributed by atoms with Gasteiger partial charge in [-0.25, -0.2) is 0 Å². The van der Waals surface area contributed by atoms with Crippen LogP contribution in [0.25, 0.3) is 0 Å². The first-order chi connectivity index (χ1) is 16.9. The number of hydrogen-bond acceptors (Lipinski definition) is 7. The molecule has 3 aromatic rings. The molecule has 0 bridgehead atoms. The summed E-state index contributed by atoms with van der Waals surface area (Å²) in [5, 5.41) is 5.22. The van der Waals surface area contributed by atoms with Gasteiger partial charge in [-0.2, -0.15) is 0 Å². The van der Waals surface area contributed by atoms with E-state index in [-0.39, 0.29) is 25.2 Å². The molecule has 0 aliphatic heterocycles. The van der Waals surface area contributed by atoms with Crippen molar-refractivity contribution in [3.05, 3.63) is 72.2 Å². The average Bonchev–Trinajstić information content (AvgIpc) is 3.40. The van der Waals surface area contributed by atoms with Gasteiger partial charge in [-0.05, 0) is 48.5 Å². The number of furan rings is 1. The highest BCUT2D eigenvalue weighted by atomic mass is 16.5. The summed E-state index contributed by atoms with van der Waals surface area (Å²) in [6, 6.07) is 14.9. The molecule has 0 atom stereocenters. The van der Waals surface area contributed by atoms with E-state index < -0.39 is 17.7 Å². The van der Waals surface area contributed by atoms with Gasteiger partial charge < -0.3 is 34.2 Å². The number of nitrogens with zero attached hydrogens (tertiary/aromatic N) is 1. The molecule has 2 N–H and O–H groups in total. The van der Waals surface area contributed by atoms with Crippen LogP contribution >= 0.6 is 0 Å². The fourth-order valence-corrected chi connectivity index (χ4v) is 3.19. The molecule has 3 amide bonds. The highest BCUT2D eigenvalue weighted by Crippen LogP contribution is 2.24. The Balaban J connectivity index is 1.65. The second-order valence-corrected chi connectivity index (χ2v) is 7.40. The van der Waals surface area contributed by atoms with Crippen LogP contribution in [0.4, 0.5) is 5.69 Å². The summed E-state index contributed by atoms with van der Waals surface area (Å²) in [7, 11) is 4.51. The first-order valence-corrected chi connectivity index (χ1v) is 10.7. The number of nitrogens with one attached hydrogen (secondary N) is 2. The topological polar surface area (TPSA) is 119 Å². The van der Waals surface area contributed by atoms with Crippen LogP contribution in [0.2, 0.25) is 0 Å². The zero-order valence-electron chi connectivity index (χ0n) is 19.7. The van der Waals surface area contributed by atoms with Crippen LogP contribution in [0, 0.1) is 0 Å². The number of anilines is 1. The number of methoxy groups -OCH3 is 3. The number of carbonyl (C=O) groups excluding carboxylic acids is 3. The van der Waals surface area contributed by atoms with E-state index in [0.717, 1.165) is 0 Å². The Morgan fingerprint density at radius 2 is 1.51 bits per heavy atom. The molecule has 1 aromatic heterocycles. The van der Waals surface area contributed by atoms with Crippen LogP contribution in [0.5, 0.6) is 17.2 Å². The molecule has 1 heterocycles. The fraction of sp³-hybridized carbons (Fsp3) is 0.240. The molecule has 0 saturated heterocycles. The van der Waals surface area contributed by atoms with Gasteiger partial charge in [0, 0.05) is 17.3 Å². The molecule has 0 aliphatic carbocycles. The van der Waals surface area contributed by atoms with Gasteiger partial charge in [0.2, 0.25) is 11.8 Å².